The molecule has 2 heterocycles. The van der Waals surface area contributed by atoms with E-state index in [1.165, 1.54) is 16.4 Å². The fourth-order valence-corrected chi connectivity index (χ4v) is 6.66. The Labute approximate surface area is 177 Å². The number of rotatable bonds is 4. The molecule has 156 valence electrons. The number of carbonyl (C=O) groups is 1. The number of hydrogen-bond donors (Lipinski definition) is 0. The Morgan fingerprint density at radius 2 is 1.57 bits per heavy atom. The van der Waals surface area contributed by atoms with Crippen LogP contribution in [0.3, 0.4) is 0 Å². The largest absolute Gasteiger partial charge is 0.341 e. The van der Waals surface area contributed by atoms with Gasteiger partial charge in [-0.2, -0.15) is 4.31 Å². The monoisotopic (exact) mass is 447 g/mol. The van der Waals surface area contributed by atoms with E-state index in [1.807, 2.05) is 9.80 Å². The Bertz CT molecular complexity index is 795. The van der Waals surface area contributed by atoms with Crippen LogP contribution in [0.5, 0.6) is 0 Å². The first-order chi connectivity index (χ1) is 13.2. The minimum Gasteiger partial charge on any atom is -0.341 e. The lowest BCUT2D eigenvalue weighted by atomic mass is 9.92. The topological polar surface area (TPSA) is 60.9 Å². The quantitative estimate of drug-likeness (QED) is 0.711. The summed E-state index contributed by atoms with van der Waals surface area (Å²) in [6.45, 7) is 7.94. The van der Waals surface area contributed by atoms with Crippen molar-refractivity contribution in [3.63, 3.8) is 0 Å². The Balaban J connectivity index is 1.59. The Morgan fingerprint density at radius 3 is 2.11 bits per heavy atom. The van der Waals surface area contributed by atoms with Gasteiger partial charge in [-0.25, -0.2) is 8.42 Å². The van der Waals surface area contributed by atoms with Crippen molar-refractivity contribution in [3.05, 3.63) is 28.2 Å². The van der Waals surface area contributed by atoms with Gasteiger partial charge in [0.15, 0.2) is 0 Å². The molecule has 0 aliphatic carbocycles. The predicted octanol–water partition coefficient (Wildman–Crippen LogP) is 2.80. The third kappa shape index (κ3) is 4.82. The van der Waals surface area contributed by atoms with Crippen molar-refractivity contribution in [2.24, 2.45) is 11.8 Å². The van der Waals surface area contributed by atoms with Crippen molar-refractivity contribution in [3.8, 4) is 0 Å². The van der Waals surface area contributed by atoms with Crippen LogP contribution in [-0.2, 0) is 14.8 Å². The van der Waals surface area contributed by atoms with Gasteiger partial charge in [0.1, 0.15) is 4.90 Å². The normalized spacial score (nSPS) is 25.1. The van der Waals surface area contributed by atoms with Gasteiger partial charge in [-0.15, -0.1) is 0 Å². The van der Waals surface area contributed by atoms with Crippen molar-refractivity contribution in [2.75, 3.05) is 45.8 Å². The molecule has 2 aliphatic rings. The van der Waals surface area contributed by atoms with Crippen LogP contribution in [0.2, 0.25) is 10.0 Å². The molecule has 28 heavy (non-hydrogen) atoms. The summed E-state index contributed by atoms with van der Waals surface area (Å²) in [6.07, 6.45) is 1.16. The fraction of sp³-hybridized carbons (Fsp3) is 0.632. The molecule has 1 aromatic rings. The van der Waals surface area contributed by atoms with Crippen LogP contribution in [0.4, 0.5) is 0 Å². The number of nitrogens with zero attached hydrogens (tertiary/aromatic N) is 3. The summed E-state index contributed by atoms with van der Waals surface area (Å²) in [5.74, 6) is 1.17. The van der Waals surface area contributed by atoms with Gasteiger partial charge < -0.3 is 4.90 Å². The van der Waals surface area contributed by atoms with E-state index >= 15 is 0 Å². The number of likely N-dealkylation sites (tertiary alicyclic amines) is 1. The summed E-state index contributed by atoms with van der Waals surface area (Å²) >= 11 is 12.2. The zero-order chi connectivity index (χ0) is 20.5. The highest BCUT2D eigenvalue weighted by molar-refractivity contribution is 7.89. The molecule has 2 fully saturated rings. The molecule has 0 saturated carbocycles. The molecule has 0 radical (unpaired) electrons. The molecular weight excluding hydrogens is 421 g/mol. The van der Waals surface area contributed by atoms with Crippen LogP contribution in [0.1, 0.15) is 20.3 Å². The lowest BCUT2D eigenvalue weighted by Crippen LogP contribution is -2.53. The summed E-state index contributed by atoms with van der Waals surface area (Å²) < 4.78 is 27.3. The molecule has 1 aromatic carbocycles. The van der Waals surface area contributed by atoms with Gasteiger partial charge in [0.05, 0.1) is 16.6 Å². The molecule has 0 bridgehead atoms. The van der Waals surface area contributed by atoms with Gasteiger partial charge >= 0.3 is 0 Å². The van der Waals surface area contributed by atoms with Crippen molar-refractivity contribution in [1.29, 1.82) is 0 Å². The van der Waals surface area contributed by atoms with E-state index in [1.54, 1.807) is 6.07 Å². The van der Waals surface area contributed by atoms with E-state index in [-0.39, 0.29) is 20.8 Å². The lowest BCUT2D eigenvalue weighted by Gasteiger charge is -2.38. The Morgan fingerprint density at radius 1 is 1.04 bits per heavy atom. The van der Waals surface area contributed by atoms with Crippen LogP contribution >= 0.6 is 23.2 Å². The zero-order valence-electron chi connectivity index (χ0n) is 16.3. The van der Waals surface area contributed by atoms with E-state index in [0.29, 0.717) is 44.6 Å². The second kappa shape index (κ2) is 8.88. The number of piperazine rings is 1. The van der Waals surface area contributed by atoms with Crippen molar-refractivity contribution >= 4 is 39.1 Å². The minimum absolute atomic E-state index is 0.0425. The third-order valence-electron chi connectivity index (χ3n) is 5.43. The molecule has 1 amide bonds. The summed E-state index contributed by atoms with van der Waals surface area (Å²) in [4.78, 5) is 16.6. The first-order valence-corrected chi connectivity index (χ1v) is 11.8. The maximum atomic E-state index is 12.9. The van der Waals surface area contributed by atoms with E-state index < -0.39 is 10.0 Å². The van der Waals surface area contributed by atoms with Gasteiger partial charge in [-0.05, 0) is 30.4 Å². The molecule has 0 aromatic heterocycles. The standard InChI is InChI=1S/C19H27Cl2N3O3S/c1-14-10-15(2)12-23(11-14)18(25)13-22-6-8-24(9-7-22)28(26,27)19-16(20)4-3-5-17(19)21/h3-5,14-15H,6-13H2,1-2H3. The molecule has 0 N–H and O–H groups in total. The zero-order valence-corrected chi connectivity index (χ0v) is 18.6. The highest BCUT2D eigenvalue weighted by Gasteiger charge is 2.33. The maximum Gasteiger partial charge on any atom is 0.246 e. The number of piperidine rings is 1. The van der Waals surface area contributed by atoms with Crippen LogP contribution in [0, 0.1) is 11.8 Å². The summed E-state index contributed by atoms with van der Waals surface area (Å²) in [7, 11) is -3.76. The van der Waals surface area contributed by atoms with E-state index in [4.69, 9.17) is 23.2 Å². The first-order valence-electron chi connectivity index (χ1n) is 9.62. The molecular formula is C19H27Cl2N3O3S. The number of hydrogen-bond acceptors (Lipinski definition) is 4. The molecule has 6 nitrogen and oxygen atoms in total. The van der Waals surface area contributed by atoms with Gasteiger partial charge in [0, 0.05) is 39.3 Å². The second-order valence-corrected chi connectivity index (χ2v) is 10.7. The Hall–Kier alpha value is -0.860. The predicted molar refractivity (Wildman–Crippen MR) is 111 cm³/mol. The van der Waals surface area contributed by atoms with Crippen molar-refractivity contribution < 1.29 is 13.2 Å². The van der Waals surface area contributed by atoms with Gasteiger partial charge in [-0.3, -0.25) is 9.69 Å². The average Bonchev–Trinajstić information content (AvgIpc) is 2.61. The molecule has 3 rings (SSSR count). The average molecular weight is 448 g/mol. The van der Waals surface area contributed by atoms with Crippen molar-refractivity contribution in [2.45, 2.75) is 25.2 Å². The number of benzene rings is 1. The number of amides is 1. The third-order valence-corrected chi connectivity index (χ3v) is 8.28. The molecule has 2 saturated heterocycles. The first kappa shape index (κ1) is 21.8. The molecule has 9 heteroatoms. The van der Waals surface area contributed by atoms with Crippen molar-refractivity contribution in [1.82, 2.24) is 14.1 Å². The molecule has 2 aliphatic heterocycles. The highest BCUT2D eigenvalue weighted by atomic mass is 35.5. The van der Waals surface area contributed by atoms with E-state index in [0.717, 1.165) is 19.5 Å². The Kier molecular flexibility index (Phi) is 6.92. The maximum absolute atomic E-state index is 12.9. The SMILES string of the molecule is CC1CC(C)CN(C(=O)CN2CCN(S(=O)(=O)c3c(Cl)cccc3Cl)CC2)C1. The van der Waals surface area contributed by atoms with Crippen LogP contribution in [0.15, 0.2) is 23.1 Å². The number of carbonyl (C=O) groups excluding carboxylic acids is 1. The second-order valence-electron chi connectivity index (χ2n) is 7.98. The van der Waals surface area contributed by atoms with Crippen LogP contribution in [0.25, 0.3) is 0 Å². The fourth-order valence-electron chi connectivity index (χ4n) is 4.14. The lowest BCUT2D eigenvalue weighted by molar-refractivity contribution is -0.135. The van der Waals surface area contributed by atoms with Gasteiger partial charge in [0.2, 0.25) is 15.9 Å². The summed E-state index contributed by atoms with van der Waals surface area (Å²) in [6, 6.07) is 4.67. The summed E-state index contributed by atoms with van der Waals surface area (Å²) in [5.41, 5.74) is 0. The van der Waals surface area contributed by atoms with E-state index in [2.05, 4.69) is 13.8 Å². The number of sulfonamides is 1. The van der Waals surface area contributed by atoms with Gasteiger partial charge in [-0.1, -0.05) is 43.1 Å². The van der Waals surface area contributed by atoms with Crippen LogP contribution < -0.4 is 0 Å². The van der Waals surface area contributed by atoms with E-state index in [9.17, 15) is 13.2 Å². The smallest absolute Gasteiger partial charge is 0.246 e. The molecule has 2 unspecified atom stereocenters. The summed E-state index contributed by atoms with van der Waals surface area (Å²) in [5, 5.41) is 0.247. The molecule has 2 atom stereocenters. The van der Waals surface area contributed by atoms with Gasteiger partial charge in [0.25, 0.3) is 0 Å². The number of halogens is 2. The highest BCUT2D eigenvalue weighted by Crippen LogP contribution is 2.32. The molecule has 0 spiro atoms. The van der Waals surface area contributed by atoms with Crippen LogP contribution in [-0.4, -0.2) is 74.2 Å². The minimum atomic E-state index is -3.76.